The van der Waals surface area contributed by atoms with E-state index in [1.165, 1.54) is 12.1 Å². The molecule has 7 nitrogen and oxygen atoms in total. The third kappa shape index (κ3) is 3.22. The Morgan fingerprint density at radius 1 is 1.13 bits per heavy atom. The summed E-state index contributed by atoms with van der Waals surface area (Å²) in [5.74, 6) is 0.668. The highest BCUT2D eigenvalue weighted by Gasteiger charge is 2.45. The number of H-pyrrole nitrogens is 1. The van der Waals surface area contributed by atoms with Crippen LogP contribution in [0.3, 0.4) is 0 Å². The molecule has 8 heteroatoms. The molecular formula is C22H23FN6O. The van der Waals surface area contributed by atoms with Crippen molar-refractivity contribution in [1.82, 2.24) is 25.1 Å². The van der Waals surface area contributed by atoms with Gasteiger partial charge >= 0.3 is 0 Å². The quantitative estimate of drug-likeness (QED) is 0.724. The summed E-state index contributed by atoms with van der Waals surface area (Å²) in [7, 11) is 0. The molecule has 1 amide bonds. The molecule has 0 unspecified atom stereocenters. The number of piperidine rings is 1. The summed E-state index contributed by atoms with van der Waals surface area (Å²) in [6, 6.07) is 8.23. The second-order valence-corrected chi connectivity index (χ2v) is 8.13. The molecule has 2 aliphatic rings. The van der Waals surface area contributed by atoms with Gasteiger partial charge in [-0.1, -0.05) is 0 Å². The van der Waals surface area contributed by atoms with Crippen molar-refractivity contribution in [1.29, 1.82) is 0 Å². The molecule has 0 spiro atoms. The Hall–Kier alpha value is -3.29. The number of likely N-dealkylation sites (tertiary alicyclic amines) is 1. The molecule has 2 atom stereocenters. The minimum absolute atomic E-state index is 0.161. The number of benzene rings is 1. The van der Waals surface area contributed by atoms with Crippen LogP contribution in [0, 0.1) is 25.6 Å². The van der Waals surface area contributed by atoms with Gasteiger partial charge in [-0.15, -0.1) is 0 Å². The van der Waals surface area contributed by atoms with Crippen LogP contribution in [0.5, 0.6) is 0 Å². The SMILES string of the molecule is Cc1cc(C)nc(N2C[C@@H]3CCN(C(=O)c4cc(F)ccc4-c4ccn[nH]4)C[C@@H]32)n1. The zero-order chi connectivity index (χ0) is 20.8. The maximum Gasteiger partial charge on any atom is 0.254 e. The largest absolute Gasteiger partial charge is 0.337 e. The minimum Gasteiger partial charge on any atom is -0.337 e. The van der Waals surface area contributed by atoms with Gasteiger partial charge < -0.3 is 9.80 Å². The molecule has 0 aliphatic carbocycles. The fourth-order valence-electron chi connectivity index (χ4n) is 4.55. The van der Waals surface area contributed by atoms with E-state index in [4.69, 9.17) is 0 Å². The molecule has 0 saturated carbocycles. The maximum absolute atomic E-state index is 14.0. The molecule has 154 valence electrons. The molecule has 1 N–H and O–H groups in total. The molecule has 2 aliphatic heterocycles. The second-order valence-electron chi connectivity index (χ2n) is 8.13. The van der Waals surface area contributed by atoms with Crippen molar-refractivity contribution < 1.29 is 9.18 Å². The fraction of sp³-hybridized carbons (Fsp3) is 0.364. The lowest BCUT2D eigenvalue weighted by Gasteiger charge is -2.53. The second kappa shape index (κ2) is 7.19. The average Bonchev–Trinajstić information content (AvgIpc) is 3.22. The molecule has 3 aromatic rings. The van der Waals surface area contributed by atoms with Crippen molar-refractivity contribution >= 4 is 11.9 Å². The highest BCUT2D eigenvalue weighted by Crippen LogP contribution is 2.36. The first kappa shape index (κ1) is 18.7. The summed E-state index contributed by atoms with van der Waals surface area (Å²) in [4.78, 5) is 26.6. The van der Waals surface area contributed by atoms with Crippen LogP contribution < -0.4 is 4.90 Å². The molecule has 0 bridgehead atoms. The summed E-state index contributed by atoms with van der Waals surface area (Å²) in [5.41, 5.74) is 3.58. The van der Waals surface area contributed by atoms with E-state index in [-0.39, 0.29) is 11.9 Å². The number of carbonyl (C=O) groups excluding carboxylic acids is 1. The predicted octanol–water partition coefficient (Wildman–Crippen LogP) is 2.97. The number of aryl methyl sites for hydroxylation is 2. The first-order chi connectivity index (χ1) is 14.5. The highest BCUT2D eigenvalue weighted by atomic mass is 19.1. The summed E-state index contributed by atoms with van der Waals surface area (Å²) >= 11 is 0. The lowest BCUT2D eigenvalue weighted by Crippen LogP contribution is -2.65. The molecular weight excluding hydrogens is 383 g/mol. The van der Waals surface area contributed by atoms with Crippen LogP contribution in [-0.4, -0.2) is 56.6 Å². The van der Waals surface area contributed by atoms with Gasteiger partial charge in [-0.3, -0.25) is 9.89 Å². The summed E-state index contributed by atoms with van der Waals surface area (Å²) in [6.07, 6.45) is 2.54. The van der Waals surface area contributed by atoms with Gasteiger partial charge in [-0.05, 0) is 50.6 Å². The van der Waals surface area contributed by atoms with E-state index in [0.29, 0.717) is 35.8 Å². The standard InChI is InChI=1S/C22H23FN6O/c1-13-9-14(2)26-22(25-13)29-11-15-6-8-28(12-20(15)29)21(30)18-10-16(23)3-4-17(18)19-5-7-24-27-19/h3-5,7,9-10,15,20H,6,8,11-12H2,1-2H3,(H,24,27)/t15-,20-/m0/s1. The van der Waals surface area contributed by atoms with Crippen molar-refractivity contribution in [3.63, 3.8) is 0 Å². The Bertz CT molecular complexity index is 1080. The first-order valence-corrected chi connectivity index (χ1v) is 10.2. The summed E-state index contributed by atoms with van der Waals surface area (Å²) in [6.45, 7) is 6.09. The van der Waals surface area contributed by atoms with Gasteiger partial charge in [-0.25, -0.2) is 14.4 Å². The Morgan fingerprint density at radius 2 is 1.93 bits per heavy atom. The zero-order valence-electron chi connectivity index (χ0n) is 17.0. The van der Waals surface area contributed by atoms with Gasteiger partial charge in [0.05, 0.1) is 17.3 Å². The monoisotopic (exact) mass is 406 g/mol. The molecule has 0 radical (unpaired) electrons. The van der Waals surface area contributed by atoms with Crippen molar-refractivity contribution in [2.24, 2.45) is 5.92 Å². The van der Waals surface area contributed by atoms with Crippen molar-refractivity contribution in [3.05, 3.63) is 59.3 Å². The van der Waals surface area contributed by atoms with Crippen molar-refractivity contribution in [3.8, 4) is 11.3 Å². The van der Waals surface area contributed by atoms with Crippen LogP contribution >= 0.6 is 0 Å². The van der Waals surface area contributed by atoms with E-state index in [2.05, 4.69) is 25.1 Å². The van der Waals surface area contributed by atoms with Gasteiger partial charge in [-0.2, -0.15) is 5.10 Å². The summed E-state index contributed by atoms with van der Waals surface area (Å²) in [5, 5.41) is 6.83. The van der Waals surface area contributed by atoms with Crippen LogP contribution in [0.1, 0.15) is 28.2 Å². The molecule has 5 rings (SSSR count). The third-order valence-electron chi connectivity index (χ3n) is 6.07. The van der Waals surface area contributed by atoms with Crippen LogP contribution in [-0.2, 0) is 0 Å². The molecule has 1 aromatic carbocycles. The van der Waals surface area contributed by atoms with E-state index < -0.39 is 5.82 Å². The van der Waals surface area contributed by atoms with Gasteiger partial charge in [0.1, 0.15) is 5.82 Å². The number of rotatable bonds is 3. The van der Waals surface area contributed by atoms with Crippen LogP contribution in [0.15, 0.2) is 36.5 Å². The molecule has 30 heavy (non-hydrogen) atoms. The number of anilines is 1. The molecule has 2 aromatic heterocycles. The van der Waals surface area contributed by atoms with E-state index in [0.717, 1.165) is 30.3 Å². The number of fused-ring (bicyclic) bond motifs is 1. The molecule has 2 fully saturated rings. The molecule has 2 saturated heterocycles. The van der Waals surface area contributed by atoms with E-state index in [9.17, 15) is 9.18 Å². The average molecular weight is 406 g/mol. The van der Waals surface area contributed by atoms with E-state index in [1.807, 2.05) is 24.8 Å². The van der Waals surface area contributed by atoms with Gasteiger partial charge in [0.25, 0.3) is 5.91 Å². The first-order valence-electron chi connectivity index (χ1n) is 10.2. The lowest BCUT2D eigenvalue weighted by atomic mass is 9.82. The number of aromatic amines is 1. The number of amides is 1. The number of carbonyl (C=O) groups is 1. The Morgan fingerprint density at radius 3 is 2.67 bits per heavy atom. The number of nitrogens with zero attached hydrogens (tertiary/aromatic N) is 5. The van der Waals surface area contributed by atoms with Gasteiger partial charge in [0, 0.05) is 48.7 Å². The number of hydrogen-bond donors (Lipinski definition) is 1. The third-order valence-corrected chi connectivity index (χ3v) is 6.07. The Kier molecular flexibility index (Phi) is 4.49. The van der Waals surface area contributed by atoms with Gasteiger partial charge in [0.2, 0.25) is 5.95 Å². The zero-order valence-corrected chi connectivity index (χ0v) is 17.0. The topological polar surface area (TPSA) is 78.0 Å². The van der Waals surface area contributed by atoms with Crippen LogP contribution in [0.25, 0.3) is 11.3 Å². The fourth-order valence-corrected chi connectivity index (χ4v) is 4.55. The van der Waals surface area contributed by atoms with Crippen molar-refractivity contribution in [2.75, 3.05) is 24.5 Å². The number of hydrogen-bond acceptors (Lipinski definition) is 5. The predicted molar refractivity (Wildman–Crippen MR) is 111 cm³/mol. The number of nitrogens with one attached hydrogen (secondary N) is 1. The van der Waals surface area contributed by atoms with Crippen LogP contribution in [0.2, 0.25) is 0 Å². The maximum atomic E-state index is 14.0. The Balaban J connectivity index is 1.40. The van der Waals surface area contributed by atoms with E-state index in [1.54, 1.807) is 18.3 Å². The smallest absolute Gasteiger partial charge is 0.254 e. The normalized spacial score (nSPS) is 20.6. The Labute approximate surface area is 174 Å². The van der Waals surface area contributed by atoms with Gasteiger partial charge in [0.15, 0.2) is 0 Å². The summed E-state index contributed by atoms with van der Waals surface area (Å²) < 4.78 is 14.0. The highest BCUT2D eigenvalue weighted by molar-refractivity contribution is 6.00. The lowest BCUT2D eigenvalue weighted by molar-refractivity contribution is 0.0589. The minimum atomic E-state index is -0.426. The molecule has 4 heterocycles. The van der Waals surface area contributed by atoms with E-state index >= 15 is 0 Å². The van der Waals surface area contributed by atoms with Crippen molar-refractivity contribution in [2.45, 2.75) is 26.3 Å². The van der Waals surface area contributed by atoms with Crippen LogP contribution in [0.4, 0.5) is 10.3 Å². The number of aromatic nitrogens is 4. The number of halogens is 1.